The topological polar surface area (TPSA) is 33.1 Å². The van der Waals surface area contributed by atoms with Crippen molar-refractivity contribution in [1.82, 2.24) is 4.98 Å². The van der Waals surface area contributed by atoms with Gasteiger partial charge in [0.2, 0.25) is 0 Å². The maximum Gasteiger partial charge on any atom is 0.0577 e. The Labute approximate surface area is 157 Å². The summed E-state index contributed by atoms with van der Waals surface area (Å²) in [5, 5.41) is 10.2. The number of aliphatic hydroxyl groups is 1. The van der Waals surface area contributed by atoms with Gasteiger partial charge in [-0.1, -0.05) is 37.6 Å². The van der Waals surface area contributed by atoms with Gasteiger partial charge in [0, 0.05) is 12.4 Å². The summed E-state index contributed by atoms with van der Waals surface area (Å²) in [5.41, 5.74) is 5.09. The van der Waals surface area contributed by atoms with Crippen LogP contribution in [0.2, 0.25) is 0 Å². The van der Waals surface area contributed by atoms with Crippen molar-refractivity contribution in [1.29, 1.82) is 0 Å². The molecule has 4 aliphatic carbocycles. The predicted octanol–water partition coefficient (Wildman–Crippen LogP) is 5.40. The van der Waals surface area contributed by atoms with E-state index >= 15 is 0 Å². The van der Waals surface area contributed by atoms with E-state index in [0.717, 1.165) is 30.6 Å². The predicted molar refractivity (Wildman–Crippen MR) is 105 cm³/mol. The molecule has 1 aromatic heterocycles. The molecule has 2 heteroatoms. The van der Waals surface area contributed by atoms with E-state index in [4.69, 9.17) is 0 Å². The molecule has 4 aliphatic rings. The molecule has 0 bridgehead atoms. The van der Waals surface area contributed by atoms with Gasteiger partial charge in [-0.25, -0.2) is 0 Å². The molecule has 26 heavy (non-hydrogen) atoms. The highest BCUT2D eigenvalue weighted by molar-refractivity contribution is 5.72. The van der Waals surface area contributed by atoms with Gasteiger partial charge in [-0.2, -0.15) is 0 Å². The number of allylic oxidation sites excluding steroid dienone is 3. The highest BCUT2D eigenvalue weighted by atomic mass is 16.3. The quantitative estimate of drug-likeness (QED) is 0.689. The summed E-state index contributed by atoms with van der Waals surface area (Å²) in [6.07, 6.45) is 17.0. The van der Waals surface area contributed by atoms with E-state index in [-0.39, 0.29) is 6.10 Å². The normalized spacial score (nSPS) is 44.4. The lowest BCUT2D eigenvalue weighted by atomic mass is 9.47. The molecule has 5 rings (SSSR count). The second kappa shape index (κ2) is 5.79. The van der Waals surface area contributed by atoms with Crippen LogP contribution in [-0.4, -0.2) is 16.2 Å². The first-order valence-corrected chi connectivity index (χ1v) is 10.5. The molecule has 0 unspecified atom stereocenters. The van der Waals surface area contributed by atoms with Gasteiger partial charge in [0.1, 0.15) is 0 Å². The summed E-state index contributed by atoms with van der Waals surface area (Å²) < 4.78 is 0. The van der Waals surface area contributed by atoms with Crippen molar-refractivity contribution in [2.24, 2.45) is 28.6 Å². The number of pyridine rings is 1. The van der Waals surface area contributed by atoms with Crippen LogP contribution in [0.25, 0.3) is 5.57 Å². The number of aliphatic hydroxyl groups excluding tert-OH is 1. The number of nitrogens with zero attached hydrogens (tertiary/aromatic N) is 1. The summed E-state index contributed by atoms with van der Waals surface area (Å²) in [7, 11) is 0. The molecule has 0 amide bonds. The lowest BCUT2D eigenvalue weighted by Crippen LogP contribution is -2.49. The Morgan fingerprint density at radius 3 is 2.69 bits per heavy atom. The minimum absolute atomic E-state index is 0.106. The molecular weight excluding hydrogens is 318 g/mol. The second-order valence-electron chi connectivity index (χ2n) is 9.71. The Bertz CT molecular complexity index is 766. The first-order chi connectivity index (χ1) is 12.5. The number of hydrogen-bond donors (Lipinski definition) is 1. The number of hydrogen-bond acceptors (Lipinski definition) is 2. The van der Waals surface area contributed by atoms with E-state index in [9.17, 15) is 5.11 Å². The highest BCUT2D eigenvalue weighted by Gasteiger charge is 2.56. The molecule has 0 spiro atoms. The molecule has 2 fully saturated rings. The van der Waals surface area contributed by atoms with Gasteiger partial charge in [0.05, 0.1) is 6.10 Å². The molecule has 0 aromatic carbocycles. The van der Waals surface area contributed by atoms with Gasteiger partial charge >= 0.3 is 0 Å². The van der Waals surface area contributed by atoms with Crippen molar-refractivity contribution < 1.29 is 5.11 Å². The van der Waals surface area contributed by atoms with Gasteiger partial charge in [-0.05, 0) is 90.7 Å². The largest absolute Gasteiger partial charge is 0.393 e. The van der Waals surface area contributed by atoms with Gasteiger partial charge in [0.15, 0.2) is 0 Å². The molecule has 1 aromatic rings. The van der Waals surface area contributed by atoms with E-state index in [1.54, 1.807) is 11.1 Å². The first-order valence-electron chi connectivity index (χ1n) is 10.5. The Hall–Kier alpha value is -1.41. The number of aromatic nitrogens is 1. The Kier molecular flexibility index (Phi) is 3.73. The van der Waals surface area contributed by atoms with Crippen molar-refractivity contribution in [3.05, 3.63) is 47.8 Å². The third-order valence-electron chi connectivity index (χ3n) is 8.63. The average molecular weight is 350 g/mol. The summed E-state index contributed by atoms with van der Waals surface area (Å²) >= 11 is 0. The maximum atomic E-state index is 10.2. The van der Waals surface area contributed by atoms with Gasteiger partial charge in [-0.3, -0.25) is 4.98 Å². The SMILES string of the molecule is C[C@]12CC[C@@H](O)CC1=CC[C@H]1[C@H]2CC[C@]2(C)C(c3cccnc3)=CC[C@H]12. The molecule has 0 radical (unpaired) electrons. The Morgan fingerprint density at radius 1 is 1.04 bits per heavy atom. The zero-order valence-electron chi connectivity index (χ0n) is 16.1. The molecule has 2 saturated carbocycles. The van der Waals surface area contributed by atoms with Gasteiger partial charge in [-0.15, -0.1) is 0 Å². The van der Waals surface area contributed by atoms with Crippen LogP contribution in [0.3, 0.4) is 0 Å². The highest BCUT2D eigenvalue weighted by Crippen LogP contribution is 2.66. The second-order valence-corrected chi connectivity index (χ2v) is 9.71. The molecular formula is C24H31NO. The molecule has 1 heterocycles. The smallest absolute Gasteiger partial charge is 0.0577 e. The van der Waals surface area contributed by atoms with Gasteiger partial charge < -0.3 is 5.11 Å². The van der Waals surface area contributed by atoms with E-state index in [2.05, 4.69) is 43.1 Å². The molecule has 2 nitrogen and oxygen atoms in total. The van der Waals surface area contributed by atoms with Crippen molar-refractivity contribution in [2.75, 3.05) is 0 Å². The van der Waals surface area contributed by atoms with E-state index in [0.29, 0.717) is 10.8 Å². The van der Waals surface area contributed by atoms with Crippen molar-refractivity contribution in [3.8, 4) is 0 Å². The standard InChI is InChI=1S/C24H31NO/c1-23-11-9-18(26)14-17(23)5-6-19-21-8-7-20(16-4-3-13-25-15-16)24(21,2)12-10-22(19)23/h3-5,7,13,15,18-19,21-22,26H,6,8-12,14H2,1-2H3/t18-,19-,21-,22-,23+,24-/m1/s1. The van der Waals surface area contributed by atoms with Crippen LogP contribution in [0.5, 0.6) is 0 Å². The van der Waals surface area contributed by atoms with Crippen LogP contribution >= 0.6 is 0 Å². The van der Waals surface area contributed by atoms with Crippen molar-refractivity contribution >= 4 is 5.57 Å². The third kappa shape index (κ3) is 2.24. The van der Waals surface area contributed by atoms with Crippen LogP contribution in [-0.2, 0) is 0 Å². The Morgan fingerprint density at radius 2 is 1.88 bits per heavy atom. The van der Waals surface area contributed by atoms with Crippen LogP contribution in [0, 0.1) is 28.6 Å². The molecule has 0 aliphatic heterocycles. The van der Waals surface area contributed by atoms with Crippen LogP contribution in [0.4, 0.5) is 0 Å². The number of fused-ring (bicyclic) bond motifs is 5. The lowest BCUT2D eigenvalue weighted by Gasteiger charge is -2.57. The minimum Gasteiger partial charge on any atom is -0.393 e. The molecule has 6 atom stereocenters. The third-order valence-corrected chi connectivity index (χ3v) is 8.63. The zero-order valence-corrected chi connectivity index (χ0v) is 16.1. The van der Waals surface area contributed by atoms with Crippen LogP contribution in [0.1, 0.15) is 64.4 Å². The Balaban J connectivity index is 1.48. The maximum absolute atomic E-state index is 10.2. The van der Waals surface area contributed by atoms with E-state index < -0.39 is 0 Å². The monoisotopic (exact) mass is 349 g/mol. The van der Waals surface area contributed by atoms with Crippen LogP contribution in [0.15, 0.2) is 42.3 Å². The zero-order chi connectivity index (χ0) is 17.9. The minimum atomic E-state index is -0.106. The van der Waals surface area contributed by atoms with Crippen LogP contribution < -0.4 is 0 Å². The fourth-order valence-corrected chi connectivity index (χ4v) is 7.18. The molecule has 0 saturated heterocycles. The molecule has 138 valence electrons. The van der Waals surface area contributed by atoms with E-state index in [1.165, 1.54) is 37.7 Å². The summed E-state index contributed by atoms with van der Waals surface area (Å²) in [4.78, 5) is 4.38. The average Bonchev–Trinajstić information content (AvgIpc) is 3.00. The van der Waals surface area contributed by atoms with Gasteiger partial charge in [0.25, 0.3) is 0 Å². The summed E-state index contributed by atoms with van der Waals surface area (Å²) in [6, 6.07) is 4.31. The number of rotatable bonds is 1. The molecule has 1 N–H and O–H groups in total. The summed E-state index contributed by atoms with van der Waals surface area (Å²) in [6.45, 7) is 5.03. The fraction of sp³-hybridized carbons (Fsp3) is 0.625. The van der Waals surface area contributed by atoms with E-state index in [1.807, 2.05) is 12.4 Å². The van der Waals surface area contributed by atoms with Crippen molar-refractivity contribution in [3.63, 3.8) is 0 Å². The summed E-state index contributed by atoms with van der Waals surface area (Å²) in [5.74, 6) is 2.36. The first kappa shape index (κ1) is 16.7. The lowest BCUT2D eigenvalue weighted by molar-refractivity contribution is -0.0238. The fourth-order valence-electron chi connectivity index (χ4n) is 7.18. The van der Waals surface area contributed by atoms with Crippen molar-refractivity contribution in [2.45, 2.75) is 64.9 Å².